The summed E-state index contributed by atoms with van der Waals surface area (Å²) in [6.45, 7) is 4.38. The molecule has 1 aliphatic rings. The predicted octanol–water partition coefficient (Wildman–Crippen LogP) is 1.94. The lowest BCUT2D eigenvalue weighted by Gasteiger charge is -2.22. The first-order valence-electron chi connectivity index (χ1n) is 8.49. The molecule has 1 aliphatic heterocycles. The molecule has 7 heteroatoms. The van der Waals surface area contributed by atoms with Gasteiger partial charge >= 0.3 is 6.09 Å². The zero-order chi connectivity index (χ0) is 18.2. The van der Waals surface area contributed by atoms with E-state index in [2.05, 4.69) is 0 Å². The molecule has 0 atom stereocenters. The minimum absolute atomic E-state index is 0.0224. The molecule has 0 bridgehead atoms. The van der Waals surface area contributed by atoms with Crippen LogP contribution in [-0.4, -0.2) is 68.8 Å². The first-order chi connectivity index (χ1) is 12.1. The van der Waals surface area contributed by atoms with Crippen LogP contribution in [0.2, 0.25) is 0 Å². The summed E-state index contributed by atoms with van der Waals surface area (Å²) >= 11 is 0. The lowest BCUT2D eigenvalue weighted by molar-refractivity contribution is -0.130. The Morgan fingerprint density at radius 3 is 2.44 bits per heavy atom. The minimum atomic E-state index is -0.311. The summed E-state index contributed by atoms with van der Waals surface area (Å²) in [5, 5.41) is 0. The minimum Gasteiger partial charge on any atom is -0.497 e. The summed E-state index contributed by atoms with van der Waals surface area (Å²) in [5.41, 5.74) is 0.819. The number of benzene rings is 1. The zero-order valence-corrected chi connectivity index (χ0v) is 15.1. The Hall–Kier alpha value is -2.44. The largest absolute Gasteiger partial charge is 0.497 e. The SMILES string of the molecule is CCOC(=O)N1CCCN(C(=O)Cc2ccc(OC)cc2OC)CC1. The van der Waals surface area contributed by atoms with Gasteiger partial charge in [-0.15, -0.1) is 0 Å². The molecule has 1 fully saturated rings. The smallest absolute Gasteiger partial charge is 0.409 e. The van der Waals surface area contributed by atoms with Crippen LogP contribution in [0.25, 0.3) is 0 Å². The lowest BCUT2D eigenvalue weighted by Crippen LogP contribution is -2.38. The second-order valence-corrected chi connectivity index (χ2v) is 5.77. The Balaban J connectivity index is 1.98. The molecule has 1 aromatic rings. The van der Waals surface area contributed by atoms with Gasteiger partial charge in [0.2, 0.25) is 5.91 Å². The van der Waals surface area contributed by atoms with Crippen molar-refractivity contribution in [1.82, 2.24) is 9.80 Å². The van der Waals surface area contributed by atoms with Gasteiger partial charge in [0, 0.05) is 37.8 Å². The Bertz CT molecular complexity index is 605. The number of nitrogens with zero attached hydrogens (tertiary/aromatic N) is 2. The van der Waals surface area contributed by atoms with Crippen molar-refractivity contribution in [2.24, 2.45) is 0 Å². The van der Waals surface area contributed by atoms with Crippen LogP contribution >= 0.6 is 0 Å². The van der Waals surface area contributed by atoms with Crippen molar-refractivity contribution < 1.29 is 23.8 Å². The summed E-state index contributed by atoms with van der Waals surface area (Å²) in [7, 11) is 3.16. The van der Waals surface area contributed by atoms with Crippen LogP contribution in [0.15, 0.2) is 18.2 Å². The zero-order valence-electron chi connectivity index (χ0n) is 15.1. The fourth-order valence-electron chi connectivity index (χ4n) is 2.84. The molecule has 1 aromatic carbocycles. The third-order valence-corrected chi connectivity index (χ3v) is 4.21. The van der Waals surface area contributed by atoms with Crippen LogP contribution in [0.5, 0.6) is 11.5 Å². The van der Waals surface area contributed by atoms with E-state index in [1.165, 1.54) is 0 Å². The summed E-state index contributed by atoms with van der Waals surface area (Å²) < 4.78 is 15.6. The molecule has 0 N–H and O–H groups in total. The van der Waals surface area contributed by atoms with Gasteiger partial charge in [0.1, 0.15) is 11.5 Å². The monoisotopic (exact) mass is 350 g/mol. The number of rotatable bonds is 5. The first-order valence-corrected chi connectivity index (χ1v) is 8.49. The van der Waals surface area contributed by atoms with E-state index in [1.807, 2.05) is 12.1 Å². The highest BCUT2D eigenvalue weighted by molar-refractivity contribution is 5.80. The van der Waals surface area contributed by atoms with Gasteiger partial charge in [-0.3, -0.25) is 4.79 Å². The Morgan fingerprint density at radius 1 is 1.04 bits per heavy atom. The number of hydrogen-bond acceptors (Lipinski definition) is 5. The fraction of sp³-hybridized carbons (Fsp3) is 0.556. The van der Waals surface area contributed by atoms with Gasteiger partial charge < -0.3 is 24.0 Å². The topological polar surface area (TPSA) is 68.3 Å². The molecular formula is C18H26N2O5. The molecule has 0 unspecified atom stereocenters. The molecule has 0 aromatic heterocycles. The number of amides is 2. The average Bonchev–Trinajstić information content (AvgIpc) is 2.88. The Labute approximate surface area is 148 Å². The number of hydrogen-bond donors (Lipinski definition) is 0. The predicted molar refractivity (Wildman–Crippen MR) is 93.0 cm³/mol. The van der Waals surface area contributed by atoms with E-state index in [1.54, 1.807) is 37.0 Å². The molecule has 0 aliphatic carbocycles. The first kappa shape index (κ1) is 18.9. The molecule has 0 spiro atoms. The van der Waals surface area contributed by atoms with Gasteiger partial charge in [0.15, 0.2) is 0 Å². The maximum absolute atomic E-state index is 12.6. The molecule has 7 nitrogen and oxygen atoms in total. The Morgan fingerprint density at radius 2 is 1.76 bits per heavy atom. The van der Waals surface area contributed by atoms with Crippen molar-refractivity contribution in [2.45, 2.75) is 19.8 Å². The number of carbonyl (C=O) groups is 2. The molecule has 1 heterocycles. The normalized spacial score (nSPS) is 14.7. The van der Waals surface area contributed by atoms with Crippen LogP contribution in [0, 0.1) is 0 Å². The fourth-order valence-corrected chi connectivity index (χ4v) is 2.84. The highest BCUT2D eigenvalue weighted by atomic mass is 16.6. The van der Waals surface area contributed by atoms with Crippen molar-refractivity contribution in [3.8, 4) is 11.5 Å². The second kappa shape index (κ2) is 9.15. The molecule has 0 radical (unpaired) electrons. The second-order valence-electron chi connectivity index (χ2n) is 5.77. The van der Waals surface area contributed by atoms with E-state index in [4.69, 9.17) is 14.2 Å². The van der Waals surface area contributed by atoms with E-state index in [0.717, 1.165) is 12.0 Å². The van der Waals surface area contributed by atoms with Gasteiger partial charge in [0.25, 0.3) is 0 Å². The molecule has 1 saturated heterocycles. The average molecular weight is 350 g/mol. The van der Waals surface area contributed by atoms with E-state index >= 15 is 0 Å². The number of methoxy groups -OCH3 is 2. The van der Waals surface area contributed by atoms with E-state index in [0.29, 0.717) is 44.3 Å². The molecular weight excluding hydrogens is 324 g/mol. The quantitative estimate of drug-likeness (QED) is 0.812. The number of ether oxygens (including phenoxy) is 3. The van der Waals surface area contributed by atoms with Crippen molar-refractivity contribution in [2.75, 3.05) is 47.0 Å². The van der Waals surface area contributed by atoms with Crippen LogP contribution in [0.1, 0.15) is 18.9 Å². The molecule has 0 saturated carbocycles. The van der Waals surface area contributed by atoms with Crippen molar-refractivity contribution in [3.05, 3.63) is 23.8 Å². The summed E-state index contributed by atoms with van der Waals surface area (Å²) in [6.07, 6.45) is 0.685. The van der Waals surface area contributed by atoms with Crippen LogP contribution in [-0.2, 0) is 16.0 Å². The lowest BCUT2D eigenvalue weighted by atomic mass is 10.1. The van der Waals surface area contributed by atoms with Gasteiger partial charge in [0.05, 0.1) is 27.2 Å². The molecule has 2 amide bonds. The summed E-state index contributed by atoms with van der Waals surface area (Å²) in [5.74, 6) is 1.35. The molecule has 138 valence electrons. The van der Waals surface area contributed by atoms with E-state index in [9.17, 15) is 9.59 Å². The summed E-state index contributed by atoms with van der Waals surface area (Å²) in [4.78, 5) is 27.9. The van der Waals surface area contributed by atoms with Gasteiger partial charge in [-0.2, -0.15) is 0 Å². The van der Waals surface area contributed by atoms with Crippen LogP contribution in [0.3, 0.4) is 0 Å². The maximum atomic E-state index is 12.6. The van der Waals surface area contributed by atoms with Crippen molar-refractivity contribution in [1.29, 1.82) is 0 Å². The molecule has 2 rings (SSSR count). The highest BCUT2D eigenvalue weighted by Crippen LogP contribution is 2.25. The van der Waals surface area contributed by atoms with Crippen LogP contribution in [0.4, 0.5) is 4.79 Å². The third-order valence-electron chi connectivity index (χ3n) is 4.21. The molecule has 25 heavy (non-hydrogen) atoms. The Kier molecular flexibility index (Phi) is 6.91. The third kappa shape index (κ3) is 5.01. The summed E-state index contributed by atoms with van der Waals surface area (Å²) in [6, 6.07) is 5.43. The highest BCUT2D eigenvalue weighted by Gasteiger charge is 2.23. The van der Waals surface area contributed by atoms with Gasteiger partial charge in [-0.25, -0.2) is 4.79 Å². The van der Waals surface area contributed by atoms with Gasteiger partial charge in [-0.1, -0.05) is 6.07 Å². The van der Waals surface area contributed by atoms with Crippen molar-refractivity contribution in [3.63, 3.8) is 0 Å². The standard InChI is InChI=1S/C18H26N2O5/c1-4-25-18(22)20-9-5-8-19(10-11-20)17(21)12-14-6-7-15(23-2)13-16(14)24-3/h6-7,13H,4-5,8-12H2,1-3H3. The number of carbonyl (C=O) groups excluding carboxylic acids is 2. The maximum Gasteiger partial charge on any atom is 0.409 e. The van der Waals surface area contributed by atoms with E-state index < -0.39 is 0 Å². The van der Waals surface area contributed by atoms with Gasteiger partial charge in [-0.05, 0) is 19.4 Å². The van der Waals surface area contributed by atoms with E-state index in [-0.39, 0.29) is 18.4 Å². The van der Waals surface area contributed by atoms with Crippen molar-refractivity contribution >= 4 is 12.0 Å². The van der Waals surface area contributed by atoms with Crippen LogP contribution < -0.4 is 9.47 Å².